The van der Waals surface area contributed by atoms with Gasteiger partial charge < -0.3 is 9.73 Å². The van der Waals surface area contributed by atoms with Crippen molar-refractivity contribution in [2.45, 2.75) is 18.6 Å². The molecule has 1 aliphatic heterocycles. The van der Waals surface area contributed by atoms with Crippen molar-refractivity contribution in [2.75, 3.05) is 18.8 Å². The monoisotopic (exact) mass is 321 g/mol. The normalized spacial score (nSPS) is 14.7. The number of nitrogens with zero attached hydrogens (tertiary/aromatic N) is 4. The highest BCUT2D eigenvalue weighted by atomic mass is 32.2. The van der Waals surface area contributed by atoms with Crippen LogP contribution >= 0.6 is 11.8 Å². The second kappa shape index (κ2) is 6.22. The van der Waals surface area contributed by atoms with E-state index in [4.69, 9.17) is 4.42 Å². The number of imide groups is 1. The van der Waals surface area contributed by atoms with Crippen molar-refractivity contribution in [3.05, 3.63) is 18.4 Å². The van der Waals surface area contributed by atoms with Crippen molar-refractivity contribution < 1.29 is 14.0 Å². The van der Waals surface area contributed by atoms with Crippen LogP contribution in [0.15, 0.2) is 28.0 Å². The molecule has 9 heteroatoms. The van der Waals surface area contributed by atoms with Gasteiger partial charge in [0.2, 0.25) is 5.91 Å². The zero-order valence-electron chi connectivity index (χ0n) is 12.0. The van der Waals surface area contributed by atoms with E-state index in [1.807, 2.05) is 17.6 Å². The second-order valence-corrected chi connectivity index (χ2v) is 5.64. The third-order valence-corrected chi connectivity index (χ3v) is 4.20. The SMILES string of the molecule is CCn1c(SCCN2C(=O)CNC2=O)nnc1-c1ccco1. The Morgan fingerprint density at radius 3 is 2.91 bits per heavy atom. The summed E-state index contributed by atoms with van der Waals surface area (Å²) in [4.78, 5) is 24.2. The van der Waals surface area contributed by atoms with Crippen LogP contribution in [-0.2, 0) is 11.3 Å². The van der Waals surface area contributed by atoms with E-state index in [1.54, 1.807) is 12.3 Å². The summed E-state index contributed by atoms with van der Waals surface area (Å²) in [6, 6.07) is 3.30. The average molecular weight is 321 g/mol. The Morgan fingerprint density at radius 2 is 2.27 bits per heavy atom. The lowest BCUT2D eigenvalue weighted by molar-refractivity contribution is -0.124. The Labute approximate surface area is 130 Å². The van der Waals surface area contributed by atoms with Gasteiger partial charge in [-0.2, -0.15) is 0 Å². The molecule has 1 aliphatic rings. The average Bonchev–Trinajstić information content (AvgIpc) is 3.22. The van der Waals surface area contributed by atoms with Crippen LogP contribution in [0.1, 0.15) is 6.92 Å². The van der Waals surface area contributed by atoms with Crippen LogP contribution in [0.25, 0.3) is 11.6 Å². The molecule has 0 aliphatic carbocycles. The molecule has 0 saturated carbocycles. The molecule has 22 heavy (non-hydrogen) atoms. The summed E-state index contributed by atoms with van der Waals surface area (Å²) in [6.07, 6.45) is 1.59. The predicted molar refractivity (Wildman–Crippen MR) is 79.2 cm³/mol. The largest absolute Gasteiger partial charge is 0.461 e. The van der Waals surface area contributed by atoms with Gasteiger partial charge >= 0.3 is 6.03 Å². The zero-order chi connectivity index (χ0) is 15.5. The topological polar surface area (TPSA) is 93.3 Å². The first-order valence-corrected chi connectivity index (χ1v) is 7.87. The minimum Gasteiger partial charge on any atom is -0.461 e. The molecule has 3 rings (SSSR count). The van der Waals surface area contributed by atoms with E-state index in [2.05, 4.69) is 15.5 Å². The fourth-order valence-electron chi connectivity index (χ4n) is 2.18. The lowest BCUT2D eigenvalue weighted by atomic mass is 10.4. The van der Waals surface area contributed by atoms with Crippen LogP contribution in [0.2, 0.25) is 0 Å². The minimum absolute atomic E-state index is 0.0806. The highest BCUT2D eigenvalue weighted by molar-refractivity contribution is 7.99. The first-order chi connectivity index (χ1) is 10.7. The van der Waals surface area contributed by atoms with Gasteiger partial charge in [-0.15, -0.1) is 10.2 Å². The van der Waals surface area contributed by atoms with Crippen LogP contribution < -0.4 is 5.32 Å². The quantitative estimate of drug-likeness (QED) is 0.635. The molecule has 2 aromatic rings. The number of furan rings is 1. The minimum atomic E-state index is -0.334. The van der Waals surface area contributed by atoms with Gasteiger partial charge in [-0.05, 0) is 19.1 Å². The van der Waals surface area contributed by atoms with E-state index in [0.29, 0.717) is 30.4 Å². The number of thioether (sulfide) groups is 1. The Balaban J connectivity index is 1.66. The van der Waals surface area contributed by atoms with Crippen molar-refractivity contribution in [1.82, 2.24) is 25.0 Å². The number of hydrogen-bond acceptors (Lipinski definition) is 6. The zero-order valence-corrected chi connectivity index (χ0v) is 12.8. The highest BCUT2D eigenvalue weighted by Crippen LogP contribution is 2.24. The Hall–Kier alpha value is -2.29. The molecule has 3 amide bonds. The molecule has 1 saturated heterocycles. The van der Waals surface area contributed by atoms with Gasteiger partial charge in [-0.25, -0.2) is 4.79 Å². The fraction of sp³-hybridized carbons (Fsp3) is 0.385. The molecule has 2 aromatic heterocycles. The van der Waals surface area contributed by atoms with Crippen molar-refractivity contribution in [2.24, 2.45) is 0 Å². The van der Waals surface area contributed by atoms with Crippen LogP contribution in [0.5, 0.6) is 0 Å². The fourth-order valence-corrected chi connectivity index (χ4v) is 3.10. The summed E-state index contributed by atoms with van der Waals surface area (Å²) in [7, 11) is 0. The van der Waals surface area contributed by atoms with Crippen LogP contribution in [0, 0.1) is 0 Å². The summed E-state index contributed by atoms with van der Waals surface area (Å²) in [5.74, 6) is 1.70. The number of carbonyl (C=O) groups excluding carboxylic acids is 2. The lowest BCUT2D eigenvalue weighted by Crippen LogP contribution is -2.32. The third kappa shape index (κ3) is 2.71. The maximum absolute atomic E-state index is 11.5. The molecule has 1 fully saturated rings. The lowest BCUT2D eigenvalue weighted by Gasteiger charge is -2.11. The molecule has 8 nitrogen and oxygen atoms in total. The number of amides is 3. The van der Waals surface area contributed by atoms with Crippen molar-refractivity contribution in [3.63, 3.8) is 0 Å². The van der Waals surface area contributed by atoms with Crippen molar-refractivity contribution in [3.8, 4) is 11.6 Å². The Kier molecular flexibility index (Phi) is 4.14. The first-order valence-electron chi connectivity index (χ1n) is 6.88. The number of carbonyl (C=O) groups is 2. The van der Waals surface area contributed by atoms with Gasteiger partial charge in [0.25, 0.3) is 0 Å². The summed E-state index contributed by atoms with van der Waals surface area (Å²) in [5, 5.41) is 11.5. The predicted octanol–water partition coefficient (Wildman–Crippen LogP) is 1.20. The molecule has 3 heterocycles. The van der Waals surface area contributed by atoms with Gasteiger partial charge in [0.1, 0.15) is 0 Å². The van der Waals surface area contributed by atoms with E-state index in [1.165, 1.54) is 16.7 Å². The molecule has 0 atom stereocenters. The number of aromatic nitrogens is 3. The van der Waals surface area contributed by atoms with E-state index in [-0.39, 0.29) is 18.5 Å². The second-order valence-electron chi connectivity index (χ2n) is 4.58. The first kappa shape index (κ1) is 14.6. The number of nitrogens with one attached hydrogen (secondary N) is 1. The summed E-state index contributed by atoms with van der Waals surface area (Å²) in [6.45, 7) is 3.13. The maximum Gasteiger partial charge on any atom is 0.324 e. The molecular formula is C13H15N5O3S. The molecule has 0 radical (unpaired) electrons. The summed E-state index contributed by atoms with van der Waals surface area (Å²) >= 11 is 1.45. The number of hydrogen-bond donors (Lipinski definition) is 1. The molecule has 1 N–H and O–H groups in total. The molecule has 0 bridgehead atoms. The third-order valence-electron chi connectivity index (χ3n) is 3.26. The molecule has 0 spiro atoms. The van der Waals surface area contributed by atoms with E-state index >= 15 is 0 Å². The van der Waals surface area contributed by atoms with E-state index < -0.39 is 0 Å². The van der Waals surface area contributed by atoms with Gasteiger partial charge in [0, 0.05) is 18.8 Å². The highest BCUT2D eigenvalue weighted by Gasteiger charge is 2.28. The van der Waals surface area contributed by atoms with Gasteiger partial charge in [-0.3, -0.25) is 14.3 Å². The molecule has 0 aromatic carbocycles. The summed E-state index contributed by atoms with van der Waals surface area (Å²) < 4.78 is 7.29. The van der Waals surface area contributed by atoms with Gasteiger partial charge in [0.15, 0.2) is 16.7 Å². The van der Waals surface area contributed by atoms with Crippen LogP contribution in [-0.4, -0.2) is 50.4 Å². The Bertz CT molecular complexity index is 666. The van der Waals surface area contributed by atoms with Crippen molar-refractivity contribution in [1.29, 1.82) is 0 Å². The molecule has 0 unspecified atom stereocenters. The molecular weight excluding hydrogens is 306 g/mol. The van der Waals surface area contributed by atoms with Crippen LogP contribution in [0.4, 0.5) is 4.79 Å². The van der Waals surface area contributed by atoms with Crippen LogP contribution in [0.3, 0.4) is 0 Å². The van der Waals surface area contributed by atoms with E-state index in [9.17, 15) is 9.59 Å². The molecule has 116 valence electrons. The summed E-state index contributed by atoms with van der Waals surface area (Å²) in [5.41, 5.74) is 0. The standard InChI is InChI=1S/C13H15N5O3S/c1-2-17-11(9-4-3-6-21-9)15-16-13(17)22-7-5-18-10(19)8-14-12(18)20/h3-4,6H,2,5,7-8H2,1H3,(H,14,20). The van der Waals surface area contributed by atoms with Gasteiger partial charge in [-0.1, -0.05) is 11.8 Å². The number of urea groups is 1. The smallest absolute Gasteiger partial charge is 0.324 e. The van der Waals surface area contributed by atoms with E-state index in [0.717, 1.165) is 5.16 Å². The Morgan fingerprint density at radius 1 is 1.41 bits per heavy atom. The van der Waals surface area contributed by atoms with Crippen molar-refractivity contribution >= 4 is 23.7 Å². The van der Waals surface area contributed by atoms with Gasteiger partial charge in [0.05, 0.1) is 12.8 Å². The number of rotatable bonds is 6. The maximum atomic E-state index is 11.5.